The average Bonchev–Trinajstić information content (AvgIpc) is 2.93. The first kappa shape index (κ1) is 11.7. The molecule has 0 aromatic rings. The van der Waals surface area contributed by atoms with Gasteiger partial charge in [-0.25, -0.2) is 0 Å². The highest BCUT2D eigenvalue weighted by molar-refractivity contribution is 5.78. The predicted octanol–water partition coefficient (Wildman–Crippen LogP) is 3.96. The molecule has 82 valence electrons. The number of hydrogen-bond donors (Lipinski definition) is 0. The van der Waals surface area contributed by atoms with Crippen LogP contribution in [0.15, 0.2) is 0 Å². The van der Waals surface area contributed by atoms with Crippen molar-refractivity contribution in [1.82, 2.24) is 0 Å². The van der Waals surface area contributed by atoms with E-state index in [0.717, 1.165) is 12.3 Å². The highest BCUT2D eigenvalue weighted by Gasteiger charge is 2.27. The molecule has 0 amide bonds. The summed E-state index contributed by atoms with van der Waals surface area (Å²) in [5.41, 5.74) is 0. The van der Waals surface area contributed by atoms with Crippen molar-refractivity contribution < 1.29 is 4.79 Å². The van der Waals surface area contributed by atoms with Crippen LogP contribution in [0.4, 0.5) is 0 Å². The molecule has 0 heterocycles. The first-order valence-corrected chi connectivity index (χ1v) is 6.24. The standard InChI is InChI=1S/C13H24O/c1-3-4-5-6-7-13(11(2)14)10-12-8-9-12/h12-13H,3-10H2,1-2H3. The van der Waals surface area contributed by atoms with Gasteiger partial charge in [0.1, 0.15) is 5.78 Å². The molecule has 1 unspecified atom stereocenters. The van der Waals surface area contributed by atoms with Crippen LogP contribution in [0.5, 0.6) is 0 Å². The van der Waals surface area contributed by atoms with Crippen molar-refractivity contribution in [2.45, 2.75) is 65.2 Å². The van der Waals surface area contributed by atoms with Crippen molar-refractivity contribution >= 4 is 5.78 Å². The lowest BCUT2D eigenvalue weighted by molar-refractivity contribution is -0.121. The number of rotatable bonds is 8. The average molecular weight is 196 g/mol. The first-order chi connectivity index (χ1) is 6.74. The zero-order valence-electron chi connectivity index (χ0n) is 9.72. The molecule has 1 aliphatic rings. The molecule has 0 saturated heterocycles. The van der Waals surface area contributed by atoms with E-state index in [1.807, 2.05) is 0 Å². The molecule has 0 radical (unpaired) electrons. The molecule has 0 spiro atoms. The molecule has 1 rings (SSSR count). The fourth-order valence-corrected chi connectivity index (χ4v) is 2.06. The Bertz CT molecular complexity index is 170. The van der Waals surface area contributed by atoms with Crippen molar-refractivity contribution in [3.63, 3.8) is 0 Å². The lowest BCUT2D eigenvalue weighted by Crippen LogP contribution is -2.11. The monoisotopic (exact) mass is 196 g/mol. The molecule has 1 heteroatoms. The molecular weight excluding hydrogens is 172 g/mol. The summed E-state index contributed by atoms with van der Waals surface area (Å²) in [6.45, 7) is 4.00. The Morgan fingerprint density at radius 3 is 2.50 bits per heavy atom. The van der Waals surface area contributed by atoms with Gasteiger partial charge < -0.3 is 0 Å². The molecule has 1 atom stereocenters. The predicted molar refractivity (Wildman–Crippen MR) is 60.3 cm³/mol. The van der Waals surface area contributed by atoms with Crippen LogP contribution in [0.2, 0.25) is 0 Å². The second-order valence-corrected chi connectivity index (χ2v) is 4.84. The molecule has 1 nitrogen and oxygen atoms in total. The molecule has 0 aromatic carbocycles. The second kappa shape index (κ2) is 6.21. The van der Waals surface area contributed by atoms with Crippen molar-refractivity contribution in [3.8, 4) is 0 Å². The van der Waals surface area contributed by atoms with Crippen molar-refractivity contribution in [2.75, 3.05) is 0 Å². The van der Waals surface area contributed by atoms with Crippen molar-refractivity contribution in [2.24, 2.45) is 11.8 Å². The third-order valence-electron chi connectivity index (χ3n) is 3.30. The van der Waals surface area contributed by atoms with Crippen LogP contribution >= 0.6 is 0 Å². The Balaban J connectivity index is 2.10. The number of ketones is 1. The summed E-state index contributed by atoms with van der Waals surface area (Å²) in [5, 5.41) is 0. The van der Waals surface area contributed by atoms with E-state index in [9.17, 15) is 4.79 Å². The van der Waals surface area contributed by atoms with E-state index in [2.05, 4.69) is 6.92 Å². The van der Waals surface area contributed by atoms with Gasteiger partial charge in [-0.05, 0) is 25.7 Å². The van der Waals surface area contributed by atoms with E-state index < -0.39 is 0 Å². The van der Waals surface area contributed by atoms with Gasteiger partial charge in [0, 0.05) is 5.92 Å². The zero-order chi connectivity index (χ0) is 10.4. The minimum absolute atomic E-state index is 0.388. The third kappa shape index (κ3) is 4.78. The van der Waals surface area contributed by atoms with Crippen molar-refractivity contribution in [3.05, 3.63) is 0 Å². The number of Topliss-reactive ketones (excluding diaryl/α,β-unsaturated/α-hetero) is 1. The maximum Gasteiger partial charge on any atom is 0.132 e. The van der Waals surface area contributed by atoms with Gasteiger partial charge in [0.05, 0.1) is 0 Å². The van der Waals surface area contributed by atoms with Crippen LogP contribution in [0.1, 0.15) is 65.2 Å². The van der Waals surface area contributed by atoms with Gasteiger partial charge >= 0.3 is 0 Å². The van der Waals surface area contributed by atoms with E-state index in [-0.39, 0.29) is 0 Å². The van der Waals surface area contributed by atoms with E-state index in [1.54, 1.807) is 6.92 Å². The second-order valence-electron chi connectivity index (χ2n) is 4.84. The lowest BCUT2D eigenvalue weighted by atomic mass is 9.92. The van der Waals surface area contributed by atoms with Crippen LogP contribution in [0, 0.1) is 11.8 Å². The summed E-state index contributed by atoms with van der Waals surface area (Å²) in [6.07, 6.45) is 10.3. The maximum absolute atomic E-state index is 11.4. The Hall–Kier alpha value is -0.330. The van der Waals surface area contributed by atoms with E-state index >= 15 is 0 Å². The highest BCUT2D eigenvalue weighted by Crippen LogP contribution is 2.36. The van der Waals surface area contributed by atoms with Gasteiger partial charge in [-0.1, -0.05) is 45.4 Å². The highest BCUT2D eigenvalue weighted by atomic mass is 16.1. The van der Waals surface area contributed by atoms with Crippen LogP contribution in [0.3, 0.4) is 0 Å². The number of carbonyl (C=O) groups excluding carboxylic acids is 1. The van der Waals surface area contributed by atoms with Crippen LogP contribution in [-0.4, -0.2) is 5.78 Å². The Labute approximate surface area is 88.3 Å². The Morgan fingerprint density at radius 1 is 1.29 bits per heavy atom. The Kier molecular flexibility index (Phi) is 5.21. The Morgan fingerprint density at radius 2 is 2.00 bits per heavy atom. The van der Waals surface area contributed by atoms with E-state index in [1.165, 1.54) is 44.9 Å². The molecule has 1 saturated carbocycles. The van der Waals surface area contributed by atoms with Gasteiger partial charge in [-0.2, -0.15) is 0 Å². The van der Waals surface area contributed by atoms with Crippen molar-refractivity contribution in [1.29, 1.82) is 0 Å². The smallest absolute Gasteiger partial charge is 0.132 e. The minimum Gasteiger partial charge on any atom is -0.300 e. The van der Waals surface area contributed by atoms with E-state index in [4.69, 9.17) is 0 Å². The number of carbonyl (C=O) groups is 1. The van der Waals surface area contributed by atoms with Crippen LogP contribution in [0.25, 0.3) is 0 Å². The van der Waals surface area contributed by atoms with Gasteiger partial charge in [-0.3, -0.25) is 4.79 Å². The summed E-state index contributed by atoms with van der Waals surface area (Å²) >= 11 is 0. The van der Waals surface area contributed by atoms with Crippen LogP contribution in [-0.2, 0) is 4.79 Å². The minimum atomic E-state index is 0.388. The molecule has 14 heavy (non-hydrogen) atoms. The summed E-state index contributed by atoms with van der Waals surface area (Å²) in [7, 11) is 0. The topological polar surface area (TPSA) is 17.1 Å². The summed E-state index contributed by atoms with van der Waals surface area (Å²) in [5.74, 6) is 1.71. The third-order valence-corrected chi connectivity index (χ3v) is 3.30. The SMILES string of the molecule is CCCCCCC(CC1CC1)C(C)=O. The largest absolute Gasteiger partial charge is 0.300 e. The normalized spacial score (nSPS) is 18.1. The molecule has 0 aliphatic heterocycles. The molecule has 1 fully saturated rings. The molecule has 0 bridgehead atoms. The van der Waals surface area contributed by atoms with Gasteiger partial charge in [0.15, 0.2) is 0 Å². The van der Waals surface area contributed by atoms with Crippen LogP contribution < -0.4 is 0 Å². The summed E-state index contributed by atoms with van der Waals surface area (Å²) in [4.78, 5) is 11.4. The molecule has 0 aromatic heterocycles. The summed E-state index contributed by atoms with van der Waals surface area (Å²) < 4.78 is 0. The fourth-order valence-electron chi connectivity index (χ4n) is 2.06. The quantitative estimate of drug-likeness (QED) is 0.537. The fraction of sp³-hybridized carbons (Fsp3) is 0.923. The molecular formula is C13H24O. The lowest BCUT2D eigenvalue weighted by Gasteiger charge is -2.12. The number of hydrogen-bond acceptors (Lipinski definition) is 1. The molecule has 0 N–H and O–H groups in total. The maximum atomic E-state index is 11.4. The molecule has 1 aliphatic carbocycles. The zero-order valence-corrected chi connectivity index (χ0v) is 9.72. The van der Waals surface area contributed by atoms with Gasteiger partial charge in [0.2, 0.25) is 0 Å². The number of unbranched alkanes of at least 4 members (excludes halogenated alkanes) is 3. The summed E-state index contributed by atoms with van der Waals surface area (Å²) in [6, 6.07) is 0. The van der Waals surface area contributed by atoms with Gasteiger partial charge in [0.25, 0.3) is 0 Å². The first-order valence-electron chi connectivity index (χ1n) is 6.24. The van der Waals surface area contributed by atoms with E-state index in [0.29, 0.717) is 11.7 Å². The van der Waals surface area contributed by atoms with Gasteiger partial charge in [-0.15, -0.1) is 0 Å².